The maximum absolute atomic E-state index is 14.1. The fourth-order valence-electron chi connectivity index (χ4n) is 11.7. The van der Waals surface area contributed by atoms with Crippen molar-refractivity contribution in [2.24, 2.45) is 27.8 Å². The number of ether oxygens (including phenoxy) is 4. The van der Waals surface area contributed by atoms with Crippen LogP contribution in [0.1, 0.15) is 116 Å². The van der Waals surface area contributed by atoms with E-state index in [0.29, 0.717) is 50.4 Å². The molecule has 716 valence electrons. The zero-order chi connectivity index (χ0) is 93.8. The number of rotatable bonds is 62. The third-order valence-electron chi connectivity index (χ3n) is 17.8. The molecule has 0 saturated carbocycles. The monoisotopic (exact) mass is 1850 g/mol. The molecule has 23 N–H and O–H groups in total. The molecule has 44 heteroatoms. The SMILES string of the molecule is CC(=O)N[C@H](CC(=O)NCCNCC[NH3+])C(=O)N[C@@H](CC(=O)NCCNCC[NH3+])C(=O)N[C@H](CC(C)C)C(=O)N[C@@H](Cc1ccccc1)C(=O)NCCOCCN=[N+]=[N-].CC(=O)N[C@H](CC(=O)OCc1ccccc1)C(=O)N[C@@H](CC(=O)OCc1ccccc1)C(=O)N[C@H](CC(C)C)C(=O)N[C@@H](Cc1ccccc1)C(=O)NCCOCCN=[N+]=[N-].CCCNCCN.[Cl-].[Cl-]. The standard InChI is InChI=1S/C43H54N8O10.C37H64N14O8.C5H14N2.2ClH/c1-29(2)23-34(41(56)49-35(24-31-13-7-4-8-14-31)40(55)45-19-21-59-22-20-46-51-44)48-43(58)37(26-39(54)61-28-33-17-11-6-12-18-33)50-42(57)36(47-30(3)52)25-38(53)60-27-32-15-9-5-10-16-32;1-25(2)21-28(35(56)49-29(22-27-7-5-4-6-8-27)34(55)45-17-19-59-20-18-46-51-40)48-37(58)31(24-33(54)44-16-14-42-12-10-39)50-36(57)30(47-26(3)52)23-32(53)43-15-13-41-11-9-38;1-2-4-7-5-3-6;;/h4-18,29,34-37H,19-28H2,1-3H3,(H,45,55)(H,47,52)(H,48,58)(H,49,56)(H,50,57);4-8,25,28-31,41-42H,9-24,38-39H2,1-3H3,(H,43,53)(H,44,54)(H,45,55)(H,47,52)(H,48,58)(H,49,56)(H,50,57);7H,2-6H2,1H3;2*1H/t34-,35+,36-,37+;28-,29+,30-,31+;;;/m11.../s1. The molecule has 0 spiro atoms. The number of quaternary nitrogens is 2. The number of azide groups is 2. The Balaban J connectivity index is 0.00000233. The van der Waals surface area contributed by atoms with Gasteiger partial charge in [0.2, 0.25) is 70.9 Å². The minimum atomic E-state index is -1.64. The van der Waals surface area contributed by atoms with Crippen LogP contribution in [0.5, 0.6) is 0 Å². The summed E-state index contributed by atoms with van der Waals surface area (Å²) in [6.45, 7) is 19.3. The lowest BCUT2D eigenvalue weighted by molar-refractivity contribution is -0.365. The lowest BCUT2D eigenvalue weighted by Crippen LogP contribution is -3.00. The van der Waals surface area contributed by atoms with E-state index in [1.807, 2.05) is 39.8 Å². The molecule has 4 aromatic carbocycles. The van der Waals surface area contributed by atoms with Gasteiger partial charge in [0.15, 0.2) is 0 Å². The van der Waals surface area contributed by atoms with E-state index < -0.39 is 157 Å². The summed E-state index contributed by atoms with van der Waals surface area (Å²) in [5.74, 6) is -10.5. The fraction of sp³-hybridized carbons (Fsp3) is 0.553. The lowest BCUT2D eigenvalue weighted by Gasteiger charge is -2.27. The van der Waals surface area contributed by atoms with Crippen LogP contribution in [0.2, 0.25) is 0 Å². The van der Waals surface area contributed by atoms with Gasteiger partial charge in [-0.1, -0.05) is 166 Å². The summed E-state index contributed by atoms with van der Waals surface area (Å²) in [7, 11) is 0. The number of esters is 2. The molecule has 0 bridgehead atoms. The number of halogens is 2. The predicted octanol–water partition coefficient (Wildman–Crippen LogP) is -7.75. The Kier molecular flexibility index (Phi) is 66.6. The average Bonchev–Trinajstić information content (AvgIpc) is 0.858. The van der Waals surface area contributed by atoms with Crippen LogP contribution in [0.25, 0.3) is 20.9 Å². The van der Waals surface area contributed by atoms with Gasteiger partial charge in [-0.25, -0.2) is 0 Å². The second-order valence-electron chi connectivity index (χ2n) is 29.8. The number of nitrogens with one attached hydrogen (secondary N) is 15. The highest BCUT2D eigenvalue weighted by Crippen LogP contribution is 2.14. The minimum Gasteiger partial charge on any atom is -1.00 e. The van der Waals surface area contributed by atoms with Crippen LogP contribution in [-0.2, 0) is 112 Å². The van der Waals surface area contributed by atoms with Gasteiger partial charge in [0.1, 0.15) is 61.5 Å². The molecule has 8 atom stereocenters. The topological polar surface area (TPSA) is 635 Å². The van der Waals surface area contributed by atoms with E-state index in [1.165, 1.54) is 13.3 Å². The Morgan fingerprint density at radius 2 is 0.682 bits per heavy atom. The van der Waals surface area contributed by atoms with Gasteiger partial charge < -0.3 is 141 Å². The Hall–Kier alpha value is -11.7. The van der Waals surface area contributed by atoms with Crippen molar-refractivity contribution < 1.29 is 122 Å². The lowest BCUT2D eigenvalue weighted by atomic mass is 10.0. The molecular formula is C85H134Cl2N24O18. The first-order valence-electron chi connectivity index (χ1n) is 42.6. The van der Waals surface area contributed by atoms with Gasteiger partial charge >= 0.3 is 11.9 Å². The normalized spacial score (nSPS) is 12.3. The van der Waals surface area contributed by atoms with E-state index in [0.717, 1.165) is 37.7 Å². The molecular weight excluding hydrogens is 1720 g/mol. The summed E-state index contributed by atoms with van der Waals surface area (Å²) in [6, 6.07) is 24.9. The molecule has 0 unspecified atom stereocenters. The van der Waals surface area contributed by atoms with Gasteiger partial charge in [-0.2, -0.15) is 0 Å². The van der Waals surface area contributed by atoms with Crippen LogP contribution in [0.3, 0.4) is 0 Å². The summed E-state index contributed by atoms with van der Waals surface area (Å²) in [4.78, 5) is 192. The van der Waals surface area contributed by atoms with Crippen molar-refractivity contribution in [3.05, 3.63) is 164 Å². The van der Waals surface area contributed by atoms with E-state index in [-0.39, 0.29) is 141 Å². The van der Waals surface area contributed by atoms with Gasteiger partial charge in [-0.05, 0) is 71.0 Å². The first kappa shape index (κ1) is 117. The molecule has 129 heavy (non-hydrogen) atoms. The van der Waals surface area contributed by atoms with E-state index in [4.69, 9.17) is 35.7 Å². The summed E-state index contributed by atoms with van der Waals surface area (Å²) in [6.07, 6.45) is -0.648. The molecule has 0 aliphatic rings. The predicted molar refractivity (Wildman–Crippen MR) is 472 cm³/mol. The third-order valence-corrected chi connectivity index (χ3v) is 17.8. The van der Waals surface area contributed by atoms with Crippen LogP contribution < -0.4 is 122 Å². The molecule has 0 aliphatic carbocycles. The maximum Gasteiger partial charge on any atom is 0.308 e. The molecule has 4 rings (SSSR count). The highest BCUT2D eigenvalue weighted by Gasteiger charge is 2.37. The summed E-state index contributed by atoms with van der Waals surface area (Å²) >= 11 is 0. The second kappa shape index (κ2) is 73.3. The first-order valence-corrected chi connectivity index (χ1v) is 42.6. The second-order valence-corrected chi connectivity index (χ2v) is 29.8. The zero-order valence-corrected chi connectivity index (χ0v) is 76.3. The molecule has 4 aromatic rings. The van der Waals surface area contributed by atoms with Crippen molar-refractivity contribution in [3.8, 4) is 0 Å². The van der Waals surface area contributed by atoms with Gasteiger partial charge in [-0.15, -0.1) is 0 Å². The van der Waals surface area contributed by atoms with Crippen molar-refractivity contribution >= 4 is 82.8 Å². The number of carbonyl (C=O) groups excluding carboxylic acids is 14. The van der Waals surface area contributed by atoms with Crippen molar-refractivity contribution in [2.75, 3.05) is 125 Å². The molecule has 0 radical (unpaired) electrons. The van der Waals surface area contributed by atoms with Gasteiger partial charge in [0, 0.05) is 115 Å². The van der Waals surface area contributed by atoms with Gasteiger partial charge in [0.05, 0.1) is 65.2 Å². The van der Waals surface area contributed by atoms with Crippen LogP contribution in [-0.4, -0.2) is 256 Å². The number of benzene rings is 4. The summed E-state index contributed by atoms with van der Waals surface area (Å²) in [5.41, 5.74) is 32.4. The smallest absolute Gasteiger partial charge is 0.308 e. The van der Waals surface area contributed by atoms with Crippen molar-refractivity contribution in [3.63, 3.8) is 0 Å². The number of nitrogens with two attached hydrogens (primary N) is 1. The molecule has 42 nitrogen and oxygen atoms in total. The number of hydrogen-bond acceptors (Lipinski definition) is 24. The van der Waals surface area contributed by atoms with Crippen LogP contribution in [0.4, 0.5) is 0 Å². The van der Waals surface area contributed by atoms with Crippen molar-refractivity contribution in [1.82, 2.24) is 79.8 Å². The quantitative estimate of drug-likeness (QED) is 0.00642. The van der Waals surface area contributed by atoms with Gasteiger partial charge in [0.25, 0.3) is 0 Å². The molecule has 0 aliphatic heterocycles. The van der Waals surface area contributed by atoms with Crippen molar-refractivity contribution in [2.45, 2.75) is 168 Å². The molecule has 12 amide bonds. The average molecular weight is 1850 g/mol. The van der Waals surface area contributed by atoms with Crippen LogP contribution in [0, 0.1) is 11.8 Å². The number of nitrogens with zero attached hydrogens (tertiary/aromatic N) is 6. The highest BCUT2D eigenvalue weighted by molar-refractivity contribution is 6.00. The van der Waals surface area contributed by atoms with E-state index in [1.54, 1.807) is 109 Å². The first-order chi connectivity index (χ1) is 61.1. The van der Waals surface area contributed by atoms with Crippen LogP contribution >= 0.6 is 0 Å². The fourth-order valence-corrected chi connectivity index (χ4v) is 11.7. The molecule has 0 aromatic heterocycles. The number of carbonyl (C=O) groups is 14. The zero-order valence-electron chi connectivity index (χ0n) is 74.8. The largest absolute Gasteiger partial charge is 1.00 e. The minimum absolute atomic E-state index is 0. The summed E-state index contributed by atoms with van der Waals surface area (Å²) in [5, 5.41) is 47.5. The van der Waals surface area contributed by atoms with E-state index in [9.17, 15) is 67.1 Å². The molecule has 0 heterocycles. The number of hydrogen-bond donors (Lipinski definition) is 18. The Morgan fingerprint density at radius 1 is 0.372 bits per heavy atom. The highest BCUT2D eigenvalue weighted by atomic mass is 35.5. The maximum atomic E-state index is 14.1. The third kappa shape index (κ3) is 57.7. The molecule has 0 saturated heterocycles. The van der Waals surface area contributed by atoms with Gasteiger partial charge in [-0.3, -0.25) is 67.1 Å². The van der Waals surface area contributed by atoms with Crippen LogP contribution in [0.15, 0.2) is 132 Å². The molecule has 0 fully saturated rings. The van der Waals surface area contributed by atoms with E-state index >= 15 is 0 Å². The summed E-state index contributed by atoms with van der Waals surface area (Å²) < 4.78 is 21.4. The Bertz CT molecular complexity index is 4030. The Labute approximate surface area is 765 Å². The Morgan fingerprint density at radius 3 is 1.01 bits per heavy atom. The van der Waals surface area contributed by atoms with Crippen molar-refractivity contribution in [1.29, 1.82) is 0 Å². The number of amides is 12. The van der Waals surface area contributed by atoms with E-state index in [2.05, 4.69) is 118 Å².